The van der Waals surface area contributed by atoms with E-state index in [0.717, 1.165) is 63.5 Å². The number of nitrogens with zero attached hydrogens (tertiary/aromatic N) is 2. The minimum Gasteiger partial charge on any atom is -0.497 e. The van der Waals surface area contributed by atoms with Crippen LogP contribution in [-0.2, 0) is 26.3 Å². The molecule has 42 heavy (non-hydrogen) atoms. The lowest BCUT2D eigenvalue weighted by atomic mass is 9.81. The summed E-state index contributed by atoms with van der Waals surface area (Å²) in [5.74, 6) is 0.100. The van der Waals surface area contributed by atoms with Gasteiger partial charge in [0.15, 0.2) is 0 Å². The van der Waals surface area contributed by atoms with Crippen LogP contribution in [0.15, 0.2) is 49.1 Å². The Balaban J connectivity index is 1.56. The van der Waals surface area contributed by atoms with Gasteiger partial charge in [0.1, 0.15) is 5.75 Å². The largest absolute Gasteiger partial charge is 0.497 e. The monoisotopic (exact) mass is 591 g/mol. The lowest BCUT2D eigenvalue weighted by Crippen LogP contribution is -2.41. The molecule has 1 N–H and O–H groups in total. The molecule has 2 aromatic carbocycles. The van der Waals surface area contributed by atoms with Gasteiger partial charge in [-0.1, -0.05) is 31.4 Å². The first kappa shape index (κ1) is 28.5. The summed E-state index contributed by atoms with van der Waals surface area (Å²) in [6.45, 7) is 4.05. The van der Waals surface area contributed by atoms with Crippen LogP contribution >= 0.6 is 0 Å². The highest BCUT2D eigenvalue weighted by Crippen LogP contribution is 2.66. The molecule has 2 fully saturated rings. The second kappa shape index (κ2) is 10.6. The highest BCUT2D eigenvalue weighted by molar-refractivity contribution is 7.87. The third-order valence-corrected chi connectivity index (χ3v) is 10.8. The second-order valence-corrected chi connectivity index (χ2v) is 13.6. The zero-order chi connectivity index (χ0) is 29.8. The highest BCUT2D eigenvalue weighted by atomic mass is 32.2. The van der Waals surface area contributed by atoms with Gasteiger partial charge < -0.3 is 14.0 Å². The summed E-state index contributed by atoms with van der Waals surface area (Å²) in [5, 5.41) is 1.03. The van der Waals surface area contributed by atoms with Gasteiger partial charge in [0.2, 0.25) is 0 Å². The fourth-order valence-electron chi connectivity index (χ4n) is 7.15. The van der Waals surface area contributed by atoms with Gasteiger partial charge in [-0.25, -0.2) is 4.72 Å². The standard InChI is InChI=1S/C32H37N3O6S/c1-5-15-34(2)42(38,39)33-30(36)21-11-13-24-27(16-21)35-19-32(31(37)41-4)18-26(32)25-17-22(40-3)12-14-23(25)29(35)28(24)20-9-7-6-8-10-20/h5,11-14,16-17,20,26H,1,6-10,15,18-19H2,2-4H3,(H,33,36). The van der Waals surface area contributed by atoms with Gasteiger partial charge in [-0.2, -0.15) is 12.7 Å². The van der Waals surface area contributed by atoms with Gasteiger partial charge >= 0.3 is 16.2 Å². The smallest absolute Gasteiger partial charge is 0.314 e. The minimum atomic E-state index is -4.05. The molecule has 1 aliphatic heterocycles. The van der Waals surface area contributed by atoms with Crippen molar-refractivity contribution in [2.24, 2.45) is 5.41 Å². The molecule has 1 aromatic heterocycles. The van der Waals surface area contributed by atoms with Crippen molar-refractivity contribution in [2.75, 3.05) is 27.8 Å². The Labute approximate surface area is 246 Å². The van der Waals surface area contributed by atoms with Crippen LogP contribution in [0.1, 0.15) is 71.8 Å². The number of rotatable bonds is 8. The van der Waals surface area contributed by atoms with E-state index < -0.39 is 21.5 Å². The van der Waals surface area contributed by atoms with Crippen molar-refractivity contribution in [3.05, 3.63) is 65.7 Å². The van der Waals surface area contributed by atoms with E-state index >= 15 is 0 Å². The molecule has 2 heterocycles. The summed E-state index contributed by atoms with van der Waals surface area (Å²) in [4.78, 5) is 26.6. The second-order valence-electron chi connectivity index (χ2n) is 11.8. The van der Waals surface area contributed by atoms with Crippen molar-refractivity contribution < 1.29 is 27.5 Å². The number of carbonyl (C=O) groups is 2. The van der Waals surface area contributed by atoms with E-state index in [1.165, 1.54) is 32.2 Å². The molecule has 2 saturated carbocycles. The SMILES string of the molecule is C=CCN(C)S(=O)(=O)NC(=O)c1ccc2c(C3CCCCC3)c3n(c2c1)CC1(C(=O)OC)CC1c1cc(OC)ccc1-3. The summed E-state index contributed by atoms with van der Waals surface area (Å²) in [6, 6.07) is 11.5. The van der Waals surface area contributed by atoms with Crippen LogP contribution < -0.4 is 9.46 Å². The number of esters is 1. The van der Waals surface area contributed by atoms with Gasteiger partial charge in [-0.3, -0.25) is 9.59 Å². The number of aromatic nitrogens is 1. The summed E-state index contributed by atoms with van der Waals surface area (Å²) in [6.07, 6.45) is 7.76. The molecule has 9 nitrogen and oxygen atoms in total. The molecule has 2 atom stereocenters. The van der Waals surface area contributed by atoms with Crippen LogP contribution in [0.5, 0.6) is 5.75 Å². The van der Waals surface area contributed by atoms with E-state index in [2.05, 4.69) is 21.9 Å². The average molecular weight is 592 g/mol. The van der Waals surface area contributed by atoms with Crippen molar-refractivity contribution in [3.63, 3.8) is 0 Å². The third kappa shape index (κ3) is 4.52. The molecule has 0 radical (unpaired) electrons. The lowest BCUT2D eigenvalue weighted by molar-refractivity contribution is -0.147. The highest BCUT2D eigenvalue weighted by Gasteiger charge is 2.63. The zero-order valence-corrected chi connectivity index (χ0v) is 25.1. The predicted molar refractivity (Wildman–Crippen MR) is 161 cm³/mol. The van der Waals surface area contributed by atoms with E-state index in [4.69, 9.17) is 9.47 Å². The maximum Gasteiger partial charge on any atom is 0.314 e. The van der Waals surface area contributed by atoms with E-state index in [-0.39, 0.29) is 24.0 Å². The molecular formula is C32H37N3O6S. The molecule has 2 aliphatic carbocycles. The maximum absolute atomic E-state index is 13.3. The van der Waals surface area contributed by atoms with Crippen LogP contribution in [0.3, 0.4) is 0 Å². The number of hydrogen-bond donors (Lipinski definition) is 1. The van der Waals surface area contributed by atoms with Gasteiger partial charge in [-0.05, 0) is 66.6 Å². The summed E-state index contributed by atoms with van der Waals surface area (Å²) in [5.41, 5.74) is 4.77. The first-order valence-electron chi connectivity index (χ1n) is 14.5. The fourth-order valence-corrected chi connectivity index (χ4v) is 7.96. The summed E-state index contributed by atoms with van der Waals surface area (Å²) in [7, 11) is 0.408. The quantitative estimate of drug-likeness (QED) is 0.288. The topological polar surface area (TPSA) is 107 Å². The Bertz CT molecular complexity index is 1700. The van der Waals surface area contributed by atoms with Gasteiger partial charge in [0.05, 0.1) is 25.3 Å². The predicted octanol–water partition coefficient (Wildman–Crippen LogP) is 5.12. The molecule has 10 heteroatoms. The van der Waals surface area contributed by atoms with Gasteiger partial charge in [-0.15, -0.1) is 6.58 Å². The maximum atomic E-state index is 13.3. The fraction of sp³-hybridized carbons (Fsp3) is 0.438. The number of hydrogen-bond acceptors (Lipinski definition) is 6. The van der Waals surface area contributed by atoms with Crippen molar-refractivity contribution in [2.45, 2.75) is 56.9 Å². The van der Waals surface area contributed by atoms with E-state index in [9.17, 15) is 18.0 Å². The number of benzene rings is 2. The number of carbonyl (C=O) groups excluding carboxylic acids is 2. The lowest BCUT2D eigenvalue weighted by Gasteiger charge is -2.24. The molecule has 6 rings (SSSR count). The first-order valence-corrected chi connectivity index (χ1v) is 15.9. The van der Waals surface area contributed by atoms with E-state index in [0.29, 0.717) is 18.9 Å². The minimum absolute atomic E-state index is 0.0128. The van der Waals surface area contributed by atoms with Crippen LogP contribution in [0.25, 0.3) is 22.2 Å². The van der Waals surface area contributed by atoms with E-state index in [1.54, 1.807) is 19.2 Å². The number of nitrogens with one attached hydrogen (secondary N) is 1. The Morgan fingerprint density at radius 3 is 2.60 bits per heavy atom. The van der Waals surface area contributed by atoms with Gasteiger partial charge in [0.25, 0.3) is 5.91 Å². The van der Waals surface area contributed by atoms with Crippen molar-refractivity contribution in [1.29, 1.82) is 0 Å². The average Bonchev–Trinajstić information content (AvgIpc) is 3.66. The molecule has 3 aromatic rings. The summed E-state index contributed by atoms with van der Waals surface area (Å²) < 4.78 is 41.8. The van der Waals surface area contributed by atoms with Gasteiger partial charge in [0, 0.05) is 48.1 Å². The number of methoxy groups -OCH3 is 2. The zero-order valence-electron chi connectivity index (χ0n) is 24.3. The van der Waals surface area contributed by atoms with Crippen LogP contribution in [0.2, 0.25) is 0 Å². The third-order valence-electron chi connectivity index (χ3n) is 9.39. The molecule has 1 amide bonds. The summed E-state index contributed by atoms with van der Waals surface area (Å²) >= 11 is 0. The number of amides is 1. The molecule has 2 unspecified atom stereocenters. The van der Waals surface area contributed by atoms with Crippen LogP contribution in [0, 0.1) is 5.41 Å². The number of ether oxygens (including phenoxy) is 2. The van der Waals surface area contributed by atoms with Crippen molar-refractivity contribution in [1.82, 2.24) is 13.6 Å². The molecule has 0 spiro atoms. The number of fused-ring (bicyclic) bond motifs is 7. The molecule has 222 valence electrons. The van der Waals surface area contributed by atoms with Crippen molar-refractivity contribution >= 4 is 33.0 Å². The Hall–Kier alpha value is -3.63. The normalized spacial score (nSPS) is 21.6. The molecule has 3 aliphatic rings. The van der Waals surface area contributed by atoms with Crippen LogP contribution in [0.4, 0.5) is 0 Å². The Kier molecular flexibility index (Phi) is 7.17. The van der Waals surface area contributed by atoms with E-state index in [1.807, 2.05) is 18.2 Å². The van der Waals surface area contributed by atoms with Crippen LogP contribution in [-0.4, -0.2) is 57.0 Å². The first-order chi connectivity index (χ1) is 20.1. The Morgan fingerprint density at radius 2 is 1.90 bits per heavy atom. The number of likely N-dealkylation sites (N-methyl/N-ethyl adjacent to an activating group) is 1. The molecular weight excluding hydrogens is 554 g/mol. The molecule has 0 bridgehead atoms. The van der Waals surface area contributed by atoms with Crippen molar-refractivity contribution in [3.8, 4) is 17.0 Å². The molecule has 0 saturated heterocycles. The Morgan fingerprint density at radius 1 is 1.14 bits per heavy atom.